The molecule has 0 aromatic carbocycles. The lowest BCUT2D eigenvalue weighted by Crippen LogP contribution is -2.49. The Labute approximate surface area is 105 Å². The highest BCUT2D eigenvalue weighted by Crippen LogP contribution is 2.19. The first-order chi connectivity index (χ1) is 8.25. The van der Waals surface area contributed by atoms with Gasteiger partial charge >= 0.3 is 0 Å². The molecule has 0 aliphatic heterocycles. The number of amides is 1. The molecule has 0 aromatic rings. The summed E-state index contributed by atoms with van der Waals surface area (Å²) in [6, 6.07) is 0.978. The summed E-state index contributed by atoms with van der Waals surface area (Å²) in [6.45, 7) is 2.00. The Morgan fingerprint density at radius 2 is 1.47 bits per heavy atom. The zero-order valence-corrected chi connectivity index (χ0v) is 11.0. The summed E-state index contributed by atoms with van der Waals surface area (Å²) in [4.78, 5) is 12.0. The Bertz CT molecular complexity index is 243. The van der Waals surface area contributed by atoms with Crippen molar-refractivity contribution in [1.29, 1.82) is 0 Å². The van der Waals surface area contributed by atoms with Crippen LogP contribution in [0.4, 0.5) is 0 Å². The van der Waals surface area contributed by atoms with E-state index in [4.69, 9.17) is 0 Å². The van der Waals surface area contributed by atoms with E-state index in [0.29, 0.717) is 12.1 Å². The highest BCUT2D eigenvalue weighted by atomic mass is 16.2. The fourth-order valence-electron chi connectivity index (χ4n) is 3.09. The molecule has 2 aliphatic rings. The van der Waals surface area contributed by atoms with Crippen molar-refractivity contribution < 1.29 is 4.79 Å². The number of hydrogen-bond acceptors (Lipinski definition) is 2. The van der Waals surface area contributed by atoms with E-state index in [1.165, 1.54) is 57.8 Å². The van der Waals surface area contributed by atoms with Crippen LogP contribution >= 0.6 is 0 Å². The SMILES string of the molecule is CC(NC1CCCC1)C(=O)NC1CCCCC1. The Hall–Kier alpha value is -0.570. The second kappa shape index (κ2) is 6.39. The molecule has 3 nitrogen and oxygen atoms in total. The summed E-state index contributed by atoms with van der Waals surface area (Å²) in [7, 11) is 0. The lowest BCUT2D eigenvalue weighted by atomic mass is 9.95. The van der Waals surface area contributed by atoms with Crippen molar-refractivity contribution >= 4 is 5.91 Å². The first kappa shape index (κ1) is 12.9. The Kier molecular flexibility index (Phi) is 4.84. The molecular weight excluding hydrogens is 212 g/mol. The maximum absolute atomic E-state index is 12.0. The average molecular weight is 238 g/mol. The maximum atomic E-state index is 12.0. The maximum Gasteiger partial charge on any atom is 0.237 e. The van der Waals surface area contributed by atoms with Crippen LogP contribution < -0.4 is 10.6 Å². The first-order valence-electron chi connectivity index (χ1n) is 7.32. The standard InChI is InChI=1S/C14H26N2O/c1-11(15-12-9-5-6-10-12)14(17)16-13-7-3-2-4-8-13/h11-13,15H,2-10H2,1H3,(H,16,17). The van der Waals surface area contributed by atoms with Crippen LogP contribution in [-0.4, -0.2) is 24.0 Å². The van der Waals surface area contributed by atoms with E-state index in [2.05, 4.69) is 10.6 Å². The van der Waals surface area contributed by atoms with Gasteiger partial charge in [0.2, 0.25) is 5.91 Å². The molecular formula is C14H26N2O. The number of hydrogen-bond donors (Lipinski definition) is 2. The molecule has 2 aliphatic carbocycles. The number of nitrogens with one attached hydrogen (secondary N) is 2. The van der Waals surface area contributed by atoms with E-state index < -0.39 is 0 Å². The minimum Gasteiger partial charge on any atom is -0.352 e. The molecule has 1 atom stereocenters. The molecule has 17 heavy (non-hydrogen) atoms. The van der Waals surface area contributed by atoms with Gasteiger partial charge in [-0.05, 0) is 32.6 Å². The van der Waals surface area contributed by atoms with Crippen molar-refractivity contribution in [2.24, 2.45) is 0 Å². The number of rotatable bonds is 4. The summed E-state index contributed by atoms with van der Waals surface area (Å²) in [5.41, 5.74) is 0. The Morgan fingerprint density at radius 1 is 0.941 bits per heavy atom. The van der Waals surface area contributed by atoms with Crippen LogP contribution in [0.25, 0.3) is 0 Å². The molecule has 1 amide bonds. The van der Waals surface area contributed by atoms with Gasteiger partial charge in [-0.3, -0.25) is 4.79 Å². The molecule has 98 valence electrons. The van der Waals surface area contributed by atoms with Crippen LogP contribution in [0.3, 0.4) is 0 Å². The van der Waals surface area contributed by atoms with Crippen LogP contribution in [0.2, 0.25) is 0 Å². The minimum atomic E-state index is -0.0278. The van der Waals surface area contributed by atoms with Crippen LogP contribution in [0.1, 0.15) is 64.7 Å². The highest BCUT2D eigenvalue weighted by molar-refractivity contribution is 5.81. The third kappa shape index (κ3) is 3.98. The largest absolute Gasteiger partial charge is 0.352 e. The second-order valence-electron chi connectivity index (χ2n) is 5.71. The predicted octanol–water partition coefficient (Wildman–Crippen LogP) is 2.36. The van der Waals surface area contributed by atoms with Crippen molar-refractivity contribution in [3.63, 3.8) is 0 Å². The zero-order valence-electron chi connectivity index (χ0n) is 11.0. The number of carbonyl (C=O) groups excluding carboxylic acids is 1. The third-order valence-electron chi connectivity index (χ3n) is 4.19. The molecule has 0 saturated heterocycles. The van der Waals surface area contributed by atoms with Gasteiger partial charge in [0.25, 0.3) is 0 Å². The molecule has 3 heteroatoms. The van der Waals surface area contributed by atoms with Gasteiger partial charge in [0.15, 0.2) is 0 Å². The summed E-state index contributed by atoms with van der Waals surface area (Å²) in [6.07, 6.45) is 11.3. The van der Waals surface area contributed by atoms with Crippen LogP contribution in [0, 0.1) is 0 Å². The summed E-state index contributed by atoms with van der Waals surface area (Å²) in [5, 5.41) is 6.65. The lowest BCUT2D eigenvalue weighted by Gasteiger charge is -2.26. The molecule has 2 fully saturated rings. The zero-order chi connectivity index (χ0) is 12.1. The van der Waals surface area contributed by atoms with Gasteiger partial charge in [-0.25, -0.2) is 0 Å². The summed E-state index contributed by atoms with van der Waals surface area (Å²) in [5.74, 6) is 0.198. The molecule has 0 bridgehead atoms. The van der Waals surface area contributed by atoms with E-state index in [-0.39, 0.29) is 11.9 Å². The fraction of sp³-hybridized carbons (Fsp3) is 0.929. The summed E-state index contributed by atoms with van der Waals surface area (Å²) >= 11 is 0. The van der Waals surface area contributed by atoms with Crippen LogP contribution in [0.15, 0.2) is 0 Å². The molecule has 0 spiro atoms. The van der Waals surface area contributed by atoms with Crippen molar-refractivity contribution in [3.8, 4) is 0 Å². The number of carbonyl (C=O) groups is 1. The van der Waals surface area contributed by atoms with Gasteiger partial charge in [0.1, 0.15) is 0 Å². The Morgan fingerprint density at radius 3 is 2.12 bits per heavy atom. The van der Waals surface area contributed by atoms with Gasteiger partial charge in [-0.15, -0.1) is 0 Å². The normalized spacial score (nSPS) is 24.8. The molecule has 0 heterocycles. The summed E-state index contributed by atoms with van der Waals surface area (Å²) < 4.78 is 0. The monoisotopic (exact) mass is 238 g/mol. The average Bonchev–Trinajstić information content (AvgIpc) is 2.83. The minimum absolute atomic E-state index is 0.0278. The second-order valence-corrected chi connectivity index (χ2v) is 5.71. The topological polar surface area (TPSA) is 41.1 Å². The molecule has 0 aromatic heterocycles. The van der Waals surface area contributed by atoms with Crippen LogP contribution in [0.5, 0.6) is 0 Å². The molecule has 0 radical (unpaired) electrons. The molecule has 1 unspecified atom stereocenters. The molecule has 2 saturated carbocycles. The first-order valence-corrected chi connectivity index (χ1v) is 7.32. The van der Waals surface area contributed by atoms with Gasteiger partial charge < -0.3 is 10.6 Å². The smallest absolute Gasteiger partial charge is 0.237 e. The van der Waals surface area contributed by atoms with E-state index in [1.807, 2.05) is 6.92 Å². The lowest BCUT2D eigenvalue weighted by molar-refractivity contribution is -0.123. The van der Waals surface area contributed by atoms with Gasteiger partial charge in [0, 0.05) is 12.1 Å². The van der Waals surface area contributed by atoms with Crippen molar-refractivity contribution in [2.75, 3.05) is 0 Å². The van der Waals surface area contributed by atoms with Gasteiger partial charge in [-0.2, -0.15) is 0 Å². The third-order valence-corrected chi connectivity index (χ3v) is 4.19. The van der Waals surface area contributed by atoms with Crippen molar-refractivity contribution in [3.05, 3.63) is 0 Å². The van der Waals surface area contributed by atoms with E-state index in [9.17, 15) is 4.79 Å². The highest BCUT2D eigenvalue weighted by Gasteiger charge is 2.23. The van der Waals surface area contributed by atoms with E-state index in [0.717, 1.165) is 0 Å². The van der Waals surface area contributed by atoms with Crippen molar-refractivity contribution in [1.82, 2.24) is 10.6 Å². The quantitative estimate of drug-likeness (QED) is 0.789. The fourth-order valence-corrected chi connectivity index (χ4v) is 3.09. The van der Waals surface area contributed by atoms with Gasteiger partial charge in [0.05, 0.1) is 6.04 Å². The van der Waals surface area contributed by atoms with Crippen LogP contribution in [-0.2, 0) is 4.79 Å². The van der Waals surface area contributed by atoms with Gasteiger partial charge in [-0.1, -0.05) is 32.1 Å². The van der Waals surface area contributed by atoms with E-state index >= 15 is 0 Å². The predicted molar refractivity (Wildman–Crippen MR) is 69.9 cm³/mol. The van der Waals surface area contributed by atoms with E-state index in [1.54, 1.807) is 0 Å². The Balaban J connectivity index is 1.70. The molecule has 2 N–H and O–H groups in total. The molecule has 2 rings (SSSR count). The van der Waals surface area contributed by atoms with Crippen molar-refractivity contribution in [2.45, 2.75) is 82.8 Å².